The largest absolute Gasteiger partial charge is 0.342 e. The molecule has 1 aliphatic rings. The smallest absolute Gasteiger partial charge is 0.206 e. The van der Waals surface area contributed by atoms with Crippen molar-refractivity contribution in [3.05, 3.63) is 68.7 Å². The maximum absolute atomic E-state index is 6.34. The van der Waals surface area contributed by atoms with Crippen LogP contribution in [0.25, 0.3) is 0 Å². The SMILES string of the molecule is Clc1ccc(CCC2COC(CBr)(c3ccc(Cl)cc3Cl)O2)cc1. The average molecular weight is 451 g/mol. The van der Waals surface area contributed by atoms with Crippen molar-refractivity contribution in [3.8, 4) is 0 Å². The summed E-state index contributed by atoms with van der Waals surface area (Å²) in [5.74, 6) is -0.869. The second-order valence-corrected chi connectivity index (χ2v) is 7.57. The maximum atomic E-state index is 6.34. The number of ether oxygens (including phenoxy) is 2. The van der Waals surface area contributed by atoms with Gasteiger partial charge in [-0.1, -0.05) is 68.9 Å². The van der Waals surface area contributed by atoms with Crippen LogP contribution in [0.2, 0.25) is 15.1 Å². The monoisotopic (exact) mass is 448 g/mol. The molecule has 0 aliphatic carbocycles. The molecule has 6 heteroatoms. The summed E-state index contributed by atoms with van der Waals surface area (Å²) in [4.78, 5) is 0. The molecule has 1 aliphatic heterocycles. The molecule has 24 heavy (non-hydrogen) atoms. The quantitative estimate of drug-likeness (QED) is 0.502. The number of rotatable bonds is 5. The van der Waals surface area contributed by atoms with Crippen LogP contribution < -0.4 is 0 Å². The van der Waals surface area contributed by atoms with Crippen molar-refractivity contribution in [3.63, 3.8) is 0 Å². The van der Waals surface area contributed by atoms with Crippen molar-refractivity contribution in [2.24, 2.45) is 0 Å². The minimum atomic E-state index is -0.869. The first kappa shape index (κ1) is 18.5. The fourth-order valence-corrected chi connectivity index (χ4v) is 4.04. The van der Waals surface area contributed by atoms with Gasteiger partial charge in [0.15, 0.2) is 0 Å². The van der Waals surface area contributed by atoms with Crippen LogP contribution in [0.4, 0.5) is 0 Å². The zero-order valence-corrected chi connectivity index (χ0v) is 16.6. The standard InChI is InChI=1S/C18H16BrCl3O2/c19-11-18(16-8-6-14(21)9-17(16)22)23-10-15(24-18)7-3-12-1-4-13(20)5-2-12/h1-2,4-6,8-9,15H,3,7,10-11H2. The van der Waals surface area contributed by atoms with Gasteiger partial charge in [-0.15, -0.1) is 0 Å². The molecule has 1 fully saturated rings. The van der Waals surface area contributed by atoms with Crippen molar-refractivity contribution in [2.45, 2.75) is 24.7 Å². The molecule has 0 amide bonds. The Morgan fingerprint density at radius 1 is 1.04 bits per heavy atom. The molecule has 2 aromatic carbocycles. The number of hydrogen-bond donors (Lipinski definition) is 0. The highest BCUT2D eigenvalue weighted by molar-refractivity contribution is 9.09. The van der Waals surface area contributed by atoms with E-state index in [4.69, 9.17) is 44.3 Å². The van der Waals surface area contributed by atoms with Crippen LogP contribution in [-0.2, 0) is 21.7 Å². The van der Waals surface area contributed by atoms with E-state index in [1.165, 1.54) is 5.56 Å². The van der Waals surface area contributed by atoms with Gasteiger partial charge in [0.2, 0.25) is 5.79 Å². The lowest BCUT2D eigenvalue weighted by atomic mass is 10.1. The number of halogens is 4. The summed E-state index contributed by atoms with van der Waals surface area (Å²) in [5.41, 5.74) is 2.02. The van der Waals surface area contributed by atoms with Gasteiger partial charge in [-0.3, -0.25) is 0 Å². The summed E-state index contributed by atoms with van der Waals surface area (Å²) < 4.78 is 12.2. The molecule has 3 rings (SSSR count). The van der Waals surface area contributed by atoms with E-state index in [1.807, 2.05) is 30.3 Å². The normalized spacial score (nSPS) is 23.6. The van der Waals surface area contributed by atoms with E-state index in [0.717, 1.165) is 23.4 Å². The highest BCUT2D eigenvalue weighted by Gasteiger charge is 2.43. The number of benzene rings is 2. The summed E-state index contributed by atoms with van der Waals surface area (Å²) in [5, 5.41) is 2.37. The van der Waals surface area contributed by atoms with E-state index in [1.54, 1.807) is 12.1 Å². The summed E-state index contributed by atoms with van der Waals surface area (Å²) in [6.07, 6.45) is 1.77. The highest BCUT2D eigenvalue weighted by Crippen LogP contribution is 2.41. The lowest BCUT2D eigenvalue weighted by molar-refractivity contribution is -0.157. The first-order valence-corrected chi connectivity index (χ1v) is 9.86. The molecule has 0 spiro atoms. The van der Waals surface area contributed by atoms with Gasteiger partial charge in [-0.2, -0.15) is 0 Å². The van der Waals surface area contributed by atoms with E-state index in [2.05, 4.69) is 15.9 Å². The fraction of sp³-hybridized carbons (Fsp3) is 0.333. The molecule has 0 bridgehead atoms. The summed E-state index contributed by atoms with van der Waals surface area (Å²) in [7, 11) is 0. The van der Waals surface area contributed by atoms with Crippen LogP contribution in [0.3, 0.4) is 0 Å². The van der Waals surface area contributed by atoms with Gasteiger partial charge in [0.25, 0.3) is 0 Å². The molecule has 2 unspecified atom stereocenters. The van der Waals surface area contributed by atoms with Crippen molar-refractivity contribution in [1.82, 2.24) is 0 Å². The Hall–Kier alpha value is -0.290. The number of aryl methyl sites for hydroxylation is 1. The molecule has 0 N–H and O–H groups in total. The Balaban J connectivity index is 1.68. The van der Waals surface area contributed by atoms with E-state index >= 15 is 0 Å². The average Bonchev–Trinajstić information content (AvgIpc) is 2.99. The molecule has 1 heterocycles. The summed E-state index contributed by atoms with van der Waals surface area (Å²) in [6.45, 7) is 0.526. The zero-order valence-electron chi connectivity index (χ0n) is 12.8. The first-order chi connectivity index (χ1) is 11.5. The molecule has 2 atom stereocenters. The Morgan fingerprint density at radius 2 is 1.75 bits per heavy atom. The lowest BCUT2D eigenvalue weighted by Gasteiger charge is -2.27. The Kier molecular flexibility index (Phi) is 6.12. The van der Waals surface area contributed by atoms with Crippen LogP contribution in [0.1, 0.15) is 17.5 Å². The third kappa shape index (κ3) is 4.09. The topological polar surface area (TPSA) is 18.5 Å². The van der Waals surface area contributed by atoms with Gasteiger partial charge in [-0.25, -0.2) is 0 Å². The van der Waals surface area contributed by atoms with Crippen molar-refractivity contribution < 1.29 is 9.47 Å². The number of hydrogen-bond acceptors (Lipinski definition) is 2. The van der Waals surface area contributed by atoms with Crippen LogP contribution in [-0.4, -0.2) is 18.0 Å². The molecule has 2 aromatic rings. The van der Waals surface area contributed by atoms with Crippen LogP contribution >= 0.6 is 50.7 Å². The predicted molar refractivity (Wildman–Crippen MR) is 103 cm³/mol. The fourth-order valence-electron chi connectivity index (χ4n) is 2.77. The first-order valence-electron chi connectivity index (χ1n) is 7.60. The second kappa shape index (κ2) is 7.94. The molecule has 2 nitrogen and oxygen atoms in total. The Morgan fingerprint density at radius 3 is 2.42 bits per heavy atom. The molecular weight excluding hydrogens is 434 g/mol. The van der Waals surface area contributed by atoms with Crippen LogP contribution in [0.5, 0.6) is 0 Å². The zero-order chi connectivity index (χ0) is 17.2. The summed E-state index contributed by atoms with van der Waals surface area (Å²) in [6, 6.07) is 13.2. The van der Waals surface area contributed by atoms with Crippen molar-refractivity contribution >= 4 is 50.7 Å². The minimum absolute atomic E-state index is 0.00460. The van der Waals surface area contributed by atoms with Gasteiger partial charge < -0.3 is 9.47 Å². The lowest BCUT2D eigenvalue weighted by Crippen LogP contribution is -2.30. The third-order valence-electron chi connectivity index (χ3n) is 4.05. The molecule has 0 radical (unpaired) electrons. The van der Waals surface area contributed by atoms with E-state index in [0.29, 0.717) is 22.0 Å². The minimum Gasteiger partial charge on any atom is -0.342 e. The van der Waals surface area contributed by atoms with Gasteiger partial charge in [0.05, 0.1) is 23.1 Å². The van der Waals surface area contributed by atoms with Crippen LogP contribution in [0.15, 0.2) is 42.5 Å². The van der Waals surface area contributed by atoms with E-state index < -0.39 is 5.79 Å². The molecule has 1 saturated heterocycles. The molecule has 128 valence electrons. The second-order valence-electron chi connectivity index (χ2n) is 5.73. The predicted octanol–water partition coefficient (Wildman–Crippen LogP) is 6.24. The van der Waals surface area contributed by atoms with Gasteiger partial charge >= 0.3 is 0 Å². The Labute approximate surface area is 165 Å². The molecule has 0 aromatic heterocycles. The maximum Gasteiger partial charge on any atom is 0.206 e. The highest BCUT2D eigenvalue weighted by atomic mass is 79.9. The van der Waals surface area contributed by atoms with Gasteiger partial charge in [0.1, 0.15) is 0 Å². The van der Waals surface area contributed by atoms with Gasteiger partial charge in [-0.05, 0) is 42.7 Å². The number of alkyl halides is 1. The Bertz CT molecular complexity index is 708. The van der Waals surface area contributed by atoms with E-state index in [9.17, 15) is 0 Å². The third-order valence-corrected chi connectivity index (χ3v) is 5.58. The molecule has 0 saturated carbocycles. The van der Waals surface area contributed by atoms with Crippen molar-refractivity contribution in [1.29, 1.82) is 0 Å². The van der Waals surface area contributed by atoms with Crippen LogP contribution in [0, 0.1) is 0 Å². The van der Waals surface area contributed by atoms with Crippen molar-refractivity contribution in [2.75, 3.05) is 11.9 Å². The van der Waals surface area contributed by atoms with Gasteiger partial charge in [0, 0.05) is 15.6 Å². The molecular formula is C18H16BrCl3O2. The van der Waals surface area contributed by atoms with E-state index in [-0.39, 0.29) is 6.10 Å². The summed E-state index contributed by atoms with van der Waals surface area (Å²) >= 11 is 21.7.